The predicted molar refractivity (Wildman–Crippen MR) is 128 cm³/mol. The zero-order valence-electron chi connectivity index (χ0n) is 20.1. The number of nitrogens with one attached hydrogen (secondary N) is 1. The highest BCUT2D eigenvalue weighted by molar-refractivity contribution is 5.88. The Labute approximate surface area is 196 Å². The summed E-state index contributed by atoms with van der Waals surface area (Å²) in [6.45, 7) is 5.65. The molecule has 0 aliphatic carbocycles. The van der Waals surface area contributed by atoms with Crippen molar-refractivity contribution in [2.24, 2.45) is 0 Å². The fourth-order valence-electron chi connectivity index (χ4n) is 5.81. The van der Waals surface area contributed by atoms with Gasteiger partial charge in [0.2, 0.25) is 5.91 Å². The molecule has 2 fully saturated rings. The van der Waals surface area contributed by atoms with Crippen molar-refractivity contribution in [2.45, 2.75) is 57.0 Å². The number of carbonyl (C=O) groups excluding carboxylic acids is 1. The Hall–Kier alpha value is -2.51. The third-order valence-corrected chi connectivity index (χ3v) is 7.75. The van der Waals surface area contributed by atoms with Gasteiger partial charge in [0.15, 0.2) is 0 Å². The SMILES string of the molecule is CNc1nc([C@H]2CCCN2C)nc2c1CCN(C(=O)C1(c3cccc(C)c3)CCOCC1)C2. The third-order valence-electron chi connectivity index (χ3n) is 7.75. The minimum atomic E-state index is -0.519. The van der Waals surface area contributed by atoms with Crippen molar-refractivity contribution < 1.29 is 9.53 Å². The molecule has 1 N–H and O–H groups in total. The minimum absolute atomic E-state index is 0.214. The molecule has 2 aromatic rings. The van der Waals surface area contributed by atoms with Crippen LogP contribution in [0.2, 0.25) is 0 Å². The summed E-state index contributed by atoms with van der Waals surface area (Å²) in [5.74, 6) is 2.01. The summed E-state index contributed by atoms with van der Waals surface area (Å²) < 4.78 is 5.68. The second-order valence-electron chi connectivity index (χ2n) is 9.78. The lowest BCUT2D eigenvalue weighted by atomic mass is 9.72. The van der Waals surface area contributed by atoms with Crippen LogP contribution in [0.3, 0.4) is 0 Å². The van der Waals surface area contributed by atoms with Crippen molar-refractivity contribution in [2.75, 3.05) is 45.7 Å². The molecule has 0 bridgehead atoms. The van der Waals surface area contributed by atoms with Gasteiger partial charge in [-0.15, -0.1) is 0 Å². The van der Waals surface area contributed by atoms with Gasteiger partial charge in [-0.3, -0.25) is 9.69 Å². The van der Waals surface area contributed by atoms with Crippen LogP contribution in [-0.4, -0.2) is 66.1 Å². The summed E-state index contributed by atoms with van der Waals surface area (Å²) >= 11 is 0. The molecule has 5 rings (SSSR count). The molecule has 176 valence electrons. The number of likely N-dealkylation sites (tertiary alicyclic amines) is 1. The van der Waals surface area contributed by atoms with Crippen LogP contribution in [0.5, 0.6) is 0 Å². The predicted octanol–water partition coefficient (Wildman–Crippen LogP) is 3.23. The maximum atomic E-state index is 14.1. The van der Waals surface area contributed by atoms with E-state index in [1.165, 1.54) is 12.0 Å². The summed E-state index contributed by atoms with van der Waals surface area (Å²) in [7, 11) is 4.07. The highest BCUT2D eigenvalue weighted by atomic mass is 16.5. The van der Waals surface area contributed by atoms with Crippen LogP contribution in [0.4, 0.5) is 5.82 Å². The number of anilines is 1. The molecular formula is C26H35N5O2. The highest BCUT2D eigenvalue weighted by Gasteiger charge is 2.45. The van der Waals surface area contributed by atoms with Gasteiger partial charge in [-0.05, 0) is 58.2 Å². The van der Waals surface area contributed by atoms with Gasteiger partial charge < -0.3 is 15.0 Å². The van der Waals surface area contributed by atoms with Gasteiger partial charge in [0, 0.05) is 32.4 Å². The largest absolute Gasteiger partial charge is 0.381 e. The van der Waals surface area contributed by atoms with Gasteiger partial charge in [0.25, 0.3) is 0 Å². The summed E-state index contributed by atoms with van der Waals surface area (Å²) in [6.07, 6.45) is 4.47. The highest BCUT2D eigenvalue weighted by Crippen LogP contribution is 2.39. The molecule has 7 heteroatoms. The number of carbonyl (C=O) groups is 1. The van der Waals surface area contributed by atoms with Crippen LogP contribution in [0, 0.1) is 6.92 Å². The molecule has 4 heterocycles. The van der Waals surface area contributed by atoms with Crippen molar-refractivity contribution in [1.29, 1.82) is 0 Å². The molecule has 0 unspecified atom stereocenters. The van der Waals surface area contributed by atoms with Gasteiger partial charge in [-0.2, -0.15) is 0 Å². The Bertz CT molecular complexity index is 1030. The number of benzene rings is 1. The van der Waals surface area contributed by atoms with E-state index in [0.29, 0.717) is 26.3 Å². The van der Waals surface area contributed by atoms with Crippen LogP contribution in [0.25, 0.3) is 0 Å². The lowest BCUT2D eigenvalue weighted by Gasteiger charge is -2.41. The number of rotatable bonds is 4. The minimum Gasteiger partial charge on any atom is -0.381 e. The maximum Gasteiger partial charge on any atom is 0.233 e. The number of amides is 1. The van der Waals surface area contributed by atoms with Crippen LogP contribution >= 0.6 is 0 Å². The van der Waals surface area contributed by atoms with E-state index in [9.17, 15) is 4.79 Å². The van der Waals surface area contributed by atoms with E-state index in [1.54, 1.807) is 0 Å². The fraction of sp³-hybridized carbons (Fsp3) is 0.577. The molecule has 7 nitrogen and oxygen atoms in total. The van der Waals surface area contributed by atoms with Gasteiger partial charge in [0.05, 0.1) is 23.7 Å². The van der Waals surface area contributed by atoms with Crippen LogP contribution in [0.1, 0.15) is 59.9 Å². The first-order chi connectivity index (χ1) is 16.0. The molecule has 1 amide bonds. The van der Waals surface area contributed by atoms with E-state index in [1.807, 2.05) is 11.9 Å². The monoisotopic (exact) mass is 449 g/mol. The van der Waals surface area contributed by atoms with E-state index < -0.39 is 5.41 Å². The molecule has 0 radical (unpaired) electrons. The second kappa shape index (κ2) is 9.03. The first-order valence-electron chi connectivity index (χ1n) is 12.2. The van der Waals surface area contributed by atoms with E-state index >= 15 is 0 Å². The van der Waals surface area contributed by atoms with Gasteiger partial charge in [-0.1, -0.05) is 29.8 Å². The molecule has 0 saturated carbocycles. The second-order valence-corrected chi connectivity index (χ2v) is 9.78. The molecular weight excluding hydrogens is 414 g/mol. The number of fused-ring (bicyclic) bond motifs is 1. The van der Waals surface area contributed by atoms with Crippen molar-refractivity contribution in [1.82, 2.24) is 19.8 Å². The van der Waals surface area contributed by atoms with E-state index in [-0.39, 0.29) is 11.9 Å². The van der Waals surface area contributed by atoms with Crippen molar-refractivity contribution in [3.63, 3.8) is 0 Å². The first kappa shape index (κ1) is 22.3. The van der Waals surface area contributed by atoms with Gasteiger partial charge in [-0.25, -0.2) is 9.97 Å². The molecule has 1 aromatic heterocycles. The normalized spacial score (nSPS) is 22.8. The Morgan fingerprint density at radius 1 is 1.21 bits per heavy atom. The van der Waals surface area contributed by atoms with Gasteiger partial charge >= 0.3 is 0 Å². The summed E-state index contributed by atoms with van der Waals surface area (Å²) in [5.41, 5.74) is 3.94. The average Bonchev–Trinajstić information content (AvgIpc) is 3.28. The number of nitrogens with zero attached hydrogens (tertiary/aromatic N) is 4. The van der Waals surface area contributed by atoms with Gasteiger partial charge in [0.1, 0.15) is 11.6 Å². The summed E-state index contributed by atoms with van der Waals surface area (Å²) in [5, 5.41) is 3.29. The Kier molecular flexibility index (Phi) is 6.10. The first-order valence-corrected chi connectivity index (χ1v) is 12.2. The molecule has 1 atom stereocenters. The zero-order valence-corrected chi connectivity index (χ0v) is 20.1. The van der Waals surface area contributed by atoms with E-state index in [4.69, 9.17) is 14.7 Å². The van der Waals surface area contributed by atoms with Crippen LogP contribution < -0.4 is 5.32 Å². The standard InChI is InChI=1S/C26H35N5O2/c1-18-6-4-7-19(16-18)26(10-14-33-15-11-26)25(32)31-13-9-20-21(17-31)28-24(29-23(20)27-2)22-8-5-12-30(22)3/h4,6-7,16,22H,5,8-15,17H2,1-3H3,(H,27,28,29)/t22-/m1/s1. The Morgan fingerprint density at radius 2 is 2.03 bits per heavy atom. The fourth-order valence-corrected chi connectivity index (χ4v) is 5.81. The Balaban J connectivity index is 1.47. The number of hydrogen-bond donors (Lipinski definition) is 1. The molecule has 3 aliphatic heterocycles. The zero-order chi connectivity index (χ0) is 23.0. The lowest BCUT2D eigenvalue weighted by Crippen LogP contribution is -2.51. The third kappa shape index (κ3) is 4.02. The van der Waals surface area contributed by atoms with Crippen molar-refractivity contribution in [3.05, 3.63) is 52.5 Å². The quantitative estimate of drug-likeness (QED) is 0.773. The number of ether oxygens (including phenoxy) is 1. The number of hydrogen-bond acceptors (Lipinski definition) is 6. The molecule has 1 aromatic carbocycles. The topological polar surface area (TPSA) is 70.6 Å². The molecule has 0 spiro atoms. The molecule has 3 aliphatic rings. The summed E-state index contributed by atoms with van der Waals surface area (Å²) in [4.78, 5) is 28.4. The van der Waals surface area contributed by atoms with Crippen LogP contribution in [-0.2, 0) is 27.9 Å². The molecule has 2 saturated heterocycles. The average molecular weight is 450 g/mol. The Morgan fingerprint density at radius 3 is 2.73 bits per heavy atom. The lowest BCUT2D eigenvalue weighted by molar-refractivity contribution is -0.142. The van der Waals surface area contributed by atoms with Crippen molar-refractivity contribution >= 4 is 11.7 Å². The van der Waals surface area contributed by atoms with Crippen LogP contribution in [0.15, 0.2) is 24.3 Å². The van der Waals surface area contributed by atoms with E-state index in [0.717, 1.165) is 60.7 Å². The molecule has 33 heavy (non-hydrogen) atoms. The number of aryl methyl sites for hydroxylation is 1. The number of aromatic nitrogens is 2. The summed E-state index contributed by atoms with van der Waals surface area (Å²) in [6, 6.07) is 8.70. The maximum absolute atomic E-state index is 14.1. The van der Waals surface area contributed by atoms with E-state index in [2.05, 4.69) is 48.5 Å². The van der Waals surface area contributed by atoms with Crippen molar-refractivity contribution in [3.8, 4) is 0 Å². The smallest absolute Gasteiger partial charge is 0.233 e.